The van der Waals surface area contributed by atoms with Gasteiger partial charge in [-0.3, -0.25) is 4.79 Å². The van der Waals surface area contributed by atoms with Crippen LogP contribution in [-0.4, -0.2) is 15.4 Å². The molecule has 3 nitrogen and oxygen atoms in total. The molecule has 0 saturated heterocycles. The summed E-state index contributed by atoms with van der Waals surface area (Å²) in [7, 11) is 0. The molecule has 0 aliphatic heterocycles. The van der Waals surface area contributed by atoms with E-state index in [1.54, 1.807) is 12.1 Å². The molecule has 1 atom stereocenters. The number of carboxylic acid groups (broad SMARTS) is 1. The van der Waals surface area contributed by atoms with Crippen LogP contribution in [0.25, 0.3) is 10.9 Å². The zero-order chi connectivity index (χ0) is 14.8. The van der Waals surface area contributed by atoms with Gasteiger partial charge in [-0.25, -0.2) is 4.39 Å². The normalized spacial score (nSPS) is 12.4. The van der Waals surface area contributed by atoms with Gasteiger partial charge < -0.3 is 5.11 Å². The summed E-state index contributed by atoms with van der Waals surface area (Å²) in [6.07, 6.45) is 0.321. The van der Waals surface area contributed by atoms with E-state index < -0.39 is 11.9 Å². The molecule has 1 N–H and O–H groups in total. The first-order chi connectivity index (χ1) is 10.1. The molecule has 0 spiro atoms. The highest BCUT2D eigenvalue weighted by Crippen LogP contribution is 2.32. The van der Waals surface area contributed by atoms with E-state index in [2.05, 4.69) is 4.37 Å². The third kappa shape index (κ3) is 2.78. The fourth-order valence-electron chi connectivity index (χ4n) is 2.31. The van der Waals surface area contributed by atoms with Crippen LogP contribution in [0.15, 0.2) is 48.5 Å². The van der Waals surface area contributed by atoms with Crippen molar-refractivity contribution in [2.75, 3.05) is 0 Å². The van der Waals surface area contributed by atoms with Crippen LogP contribution in [0.1, 0.15) is 16.4 Å². The van der Waals surface area contributed by atoms with Gasteiger partial charge in [-0.1, -0.05) is 30.3 Å². The molecular formula is C16H12FNO2S. The summed E-state index contributed by atoms with van der Waals surface area (Å²) >= 11 is 1.22. The van der Waals surface area contributed by atoms with Crippen molar-refractivity contribution >= 4 is 28.4 Å². The van der Waals surface area contributed by atoms with Gasteiger partial charge in [-0.2, -0.15) is 4.37 Å². The lowest BCUT2D eigenvalue weighted by atomic mass is 9.96. The van der Waals surface area contributed by atoms with Crippen LogP contribution in [0.5, 0.6) is 0 Å². The van der Waals surface area contributed by atoms with Crippen molar-refractivity contribution in [2.45, 2.75) is 12.3 Å². The first kappa shape index (κ1) is 13.7. The predicted molar refractivity (Wildman–Crippen MR) is 80.1 cm³/mol. The minimum absolute atomic E-state index is 0.321. The highest BCUT2D eigenvalue weighted by molar-refractivity contribution is 7.07. The van der Waals surface area contributed by atoms with Crippen LogP contribution >= 0.6 is 11.5 Å². The Kier molecular flexibility index (Phi) is 3.66. The molecular weight excluding hydrogens is 289 g/mol. The molecule has 1 aromatic heterocycles. The van der Waals surface area contributed by atoms with Gasteiger partial charge in [0.15, 0.2) is 0 Å². The van der Waals surface area contributed by atoms with E-state index in [4.69, 9.17) is 0 Å². The van der Waals surface area contributed by atoms with Crippen molar-refractivity contribution in [3.63, 3.8) is 0 Å². The largest absolute Gasteiger partial charge is 0.481 e. The molecule has 21 heavy (non-hydrogen) atoms. The summed E-state index contributed by atoms with van der Waals surface area (Å²) in [6, 6.07) is 13.4. The molecule has 0 saturated carbocycles. The van der Waals surface area contributed by atoms with Crippen molar-refractivity contribution in [3.05, 3.63) is 64.8 Å². The lowest BCUT2D eigenvalue weighted by Gasteiger charge is -2.11. The second-order valence-electron chi connectivity index (χ2n) is 4.79. The molecule has 3 aromatic rings. The fourth-order valence-corrected chi connectivity index (χ4v) is 3.25. The van der Waals surface area contributed by atoms with Gasteiger partial charge in [0, 0.05) is 10.3 Å². The lowest BCUT2D eigenvalue weighted by molar-refractivity contribution is -0.138. The average Bonchev–Trinajstić information content (AvgIpc) is 2.90. The van der Waals surface area contributed by atoms with Crippen molar-refractivity contribution in [3.8, 4) is 0 Å². The summed E-state index contributed by atoms with van der Waals surface area (Å²) in [5.41, 5.74) is 1.60. The van der Waals surface area contributed by atoms with Crippen LogP contribution in [0.4, 0.5) is 4.39 Å². The van der Waals surface area contributed by atoms with E-state index in [9.17, 15) is 14.3 Å². The third-order valence-electron chi connectivity index (χ3n) is 3.38. The van der Waals surface area contributed by atoms with Crippen LogP contribution in [0.3, 0.4) is 0 Å². The number of aliphatic carboxylic acids is 1. The van der Waals surface area contributed by atoms with Crippen LogP contribution in [0, 0.1) is 5.82 Å². The number of fused-ring (bicyclic) bond motifs is 1. The molecule has 0 radical (unpaired) electrons. The summed E-state index contributed by atoms with van der Waals surface area (Å²) in [6.45, 7) is 0. The van der Waals surface area contributed by atoms with Gasteiger partial charge in [0.05, 0.1) is 11.4 Å². The van der Waals surface area contributed by atoms with Crippen molar-refractivity contribution in [1.82, 2.24) is 4.37 Å². The Labute approximate surface area is 124 Å². The molecule has 2 aromatic carbocycles. The van der Waals surface area contributed by atoms with Gasteiger partial charge >= 0.3 is 5.97 Å². The summed E-state index contributed by atoms with van der Waals surface area (Å²) in [5.74, 6) is -1.89. The zero-order valence-corrected chi connectivity index (χ0v) is 11.8. The average molecular weight is 301 g/mol. The van der Waals surface area contributed by atoms with Gasteiger partial charge in [0.25, 0.3) is 0 Å². The summed E-state index contributed by atoms with van der Waals surface area (Å²) in [5, 5.41) is 10.4. The molecule has 1 unspecified atom stereocenters. The molecule has 0 amide bonds. The summed E-state index contributed by atoms with van der Waals surface area (Å²) in [4.78, 5) is 12.4. The first-order valence-electron chi connectivity index (χ1n) is 6.46. The number of nitrogens with zero attached hydrogens (tertiary/aromatic N) is 1. The quantitative estimate of drug-likeness (QED) is 0.796. The smallest absolute Gasteiger partial charge is 0.312 e. The maximum atomic E-state index is 12.9. The minimum Gasteiger partial charge on any atom is -0.481 e. The SMILES string of the molecule is O=C(O)C(Cc1ccc(F)cc1)c1snc2ccccc12. The molecule has 106 valence electrons. The topological polar surface area (TPSA) is 50.2 Å². The number of hydrogen-bond acceptors (Lipinski definition) is 3. The van der Waals surface area contributed by atoms with Crippen molar-refractivity contribution in [1.29, 1.82) is 0 Å². The number of halogens is 1. The number of carbonyl (C=O) groups is 1. The van der Waals surface area contributed by atoms with E-state index >= 15 is 0 Å². The van der Waals surface area contributed by atoms with E-state index in [0.29, 0.717) is 6.42 Å². The molecule has 3 rings (SSSR count). The second kappa shape index (κ2) is 5.61. The maximum Gasteiger partial charge on any atom is 0.312 e. The Bertz CT molecular complexity index is 782. The maximum absolute atomic E-state index is 12.9. The molecule has 0 aliphatic rings. The highest BCUT2D eigenvalue weighted by Gasteiger charge is 2.24. The Hall–Kier alpha value is -2.27. The lowest BCUT2D eigenvalue weighted by Crippen LogP contribution is -2.13. The van der Waals surface area contributed by atoms with E-state index in [1.165, 1.54) is 23.7 Å². The number of hydrogen-bond donors (Lipinski definition) is 1. The van der Waals surface area contributed by atoms with Crippen LogP contribution < -0.4 is 0 Å². The van der Waals surface area contributed by atoms with Gasteiger partial charge in [-0.05, 0) is 41.7 Å². The van der Waals surface area contributed by atoms with Crippen molar-refractivity contribution < 1.29 is 14.3 Å². The summed E-state index contributed by atoms with van der Waals surface area (Å²) < 4.78 is 17.2. The van der Waals surface area contributed by atoms with E-state index in [0.717, 1.165) is 21.3 Å². The third-order valence-corrected chi connectivity index (χ3v) is 4.37. The Balaban J connectivity index is 1.98. The number of carboxylic acids is 1. The standard InChI is InChI=1S/C16H12FNO2S/c17-11-7-5-10(6-8-11)9-13(16(19)20)15-12-3-1-2-4-14(12)18-21-15/h1-8,13H,9H2,(H,19,20). The van der Waals surface area contributed by atoms with E-state index in [1.807, 2.05) is 24.3 Å². The van der Waals surface area contributed by atoms with Crippen molar-refractivity contribution in [2.24, 2.45) is 0 Å². The number of rotatable bonds is 4. The van der Waals surface area contributed by atoms with Gasteiger partial charge in [0.2, 0.25) is 0 Å². The first-order valence-corrected chi connectivity index (χ1v) is 7.24. The molecule has 0 aliphatic carbocycles. The van der Waals surface area contributed by atoms with Crippen LogP contribution in [-0.2, 0) is 11.2 Å². The highest BCUT2D eigenvalue weighted by atomic mass is 32.1. The van der Waals surface area contributed by atoms with Gasteiger partial charge in [-0.15, -0.1) is 0 Å². The molecule has 1 heterocycles. The number of aromatic nitrogens is 1. The molecule has 0 fully saturated rings. The Morgan fingerprint density at radius 3 is 2.62 bits per heavy atom. The van der Waals surface area contributed by atoms with E-state index in [-0.39, 0.29) is 5.82 Å². The predicted octanol–water partition coefficient (Wildman–Crippen LogP) is 3.85. The second-order valence-corrected chi connectivity index (χ2v) is 5.59. The van der Waals surface area contributed by atoms with Gasteiger partial charge in [0.1, 0.15) is 5.82 Å². The fraction of sp³-hybridized carbons (Fsp3) is 0.125. The minimum atomic E-state index is -0.895. The Morgan fingerprint density at radius 2 is 1.90 bits per heavy atom. The Morgan fingerprint density at radius 1 is 1.19 bits per heavy atom. The zero-order valence-electron chi connectivity index (χ0n) is 11.0. The monoisotopic (exact) mass is 301 g/mol. The molecule has 5 heteroatoms. The number of benzene rings is 2. The molecule has 0 bridgehead atoms. The van der Waals surface area contributed by atoms with Crippen LogP contribution in [0.2, 0.25) is 0 Å².